The maximum absolute atomic E-state index is 12.7. The molecule has 3 aromatic rings. The zero-order chi connectivity index (χ0) is 18.8. The van der Waals surface area contributed by atoms with Crippen molar-refractivity contribution in [3.05, 3.63) is 51.8 Å². The summed E-state index contributed by atoms with van der Waals surface area (Å²) in [6, 6.07) is 3.74. The molecule has 0 aliphatic carbocycles. The van der Waals surface area contributed by atoms with Gasteiger partial charge in [-0.1, -0.05) is 0 Å². The normalized spacial score (nSPS) is 11.1. The van der Waals surface area contributed by atoms with E-state index in [4.69, 9.17) is 0 Å². The number of halogens is 1. The molecule has 0 fully saturated rings. The third-order valence-corrected chi connectivity index (χ3v) is 4.75. The molecule has 0 bridgehead atoms. The molecule has 8 nitrogen and oxygen atoms in total. The lowest BCUT2D eigenvalue weighted by atomic mass is 10.3. The molecule has 0 atom stereocenters. The lowest BCUT2D eigenvalue weighted by molar-refractivity contribution is 0.0776. The Morgan fingerprint density at radius 1 is 1.23 bits per heavy atom. The monoisotopic (exact) mass is 419 g/mol. The molecule has 0 saturated carbocycles. The fourth-order valence-corrected chi connectivity index (χ4v) is 3.15. The van der Waals surface area contributed by atoms with Crippen molar-refractivity contribution in [2.45, 2.75) is 40.5 Å². The smallest absolute Gasteiger partial charge is 0.274 e. The summed E-state index contributed by atoms with van der Waals surface area (Å²) in [7, 11) is 1.75. The van der Waals surface area contributed by atoms with Crippen LogP contribution in [-0.4, -0.2) is 47.2 Å². The van der Waals surface area contributed by atoms with Crippen molar-refractivity contribution < 1.29 is 4.79 Å². The summed E-state index contributed by atoms with van der Waals surface area (Å²) in [5.74, 6) is -0.143. The Bertz CT molecular complexity index is 924. The SMILES string of the molecule is CCn1cc(Br)c(CN(C)C(=O)c2ccn(Cn3nc(C)cc3C)n2)n1. The van der Waals surface area contributed by atoms with E-state index in [9.17, 15) is 4.79 Å². The zero-order valence-electron chi connectivity index (χ0n) is 15.3. The second-order valence-corrected chi connectivity index (χ2v) is 7.10. The van der Waals surface area contributed by atoms with Gasteiger partial charge in [0.1, 0.15) is 12.4 Å². The van der Waals surface area contributed by atoms with Gasteiger partial charge in [0.2, 0.25) is 0 Å². The molecule has 3 aromatic heterocycles. The van der Waals surface area contributed by atoms with Gasteiger partial charge in [0.15, 0.2) is 0 Å². The first-order chi connectivity index (χ1) is 12.4. The van der Waals surface area contributed by atoms with E-state index in [2.05, 4.69) is 31.2 Å². The highest BCUT2D eigenvalue weighted by molar-refractivity contribution is 9.10. The van der Waals surface area contributed by atoms with Gasteiger partial charge in [0, 0.05) is 31.7 Å². The highest BCUT2D eigenvalue weighted by atomic mass is 79.9. The van der Waals surface area contributed by atoms with Gasteiger partial charge < -0.3 is 4.90 Å². The molecule has 3 heterocycles. The number of carbonyl (C=O) groups excluding carboxylic acids is 1. The summed E-state index contributed by atoms with van der Waals surface area (Å²) in [4.78, 5) is 14.3. The molecule has 0 aliphatic heterocycles. The quantitative estimate of drug-likeness (QED) is 0.614. The summed E-state index contributed by atoms with van der Waals surface area (Å²) in [5.41, 5.74) is 3.24. The number of hydrogen-bond acceptors (Lipinski definition) is 4. The molecular weight excluding hydrogens is 398 g/mol. The average molecular weight is 420 g/mol. The molecule has 0 unspecified atom stereocenters. The van der Waals surface area contributed by atoms with Crippen LogP contribution in [0, 0.1) is 13.8 Å². The summed E-state index contributed by atoms with van der Waals surface area (Å²) < 4.78 is 6.30. The standard InChI is InChI=1S/C17H22BrN7O/c1-5-23-9-14(18)16(21-23)10-22(4)17(26)15-6-7-24(20-15)11-25-13(3)8-12(2)19-25/h6-9H,5,10-11H2,1-4H3. The second kappa shape index (κ2) is 7.45. The van der Waals surface area contributed by atoms with Crippen LogP contribution in [0.1, 0.15) is 34.5 Å². The van der Waals surface area contributed by atoms with E-state index >= 15 is 0 Å². The first kappa shape index (κ1) is 18.4. The van der Waals surface area contributed by atoms with Gasteiger partial charge in [-0.15, -0.1) is 0 Å². The van der Waals surface area contributed by atoms with E-state index < -0.39 is 0 Å². The Morgan fingerprint density at radius 3 is 2.62 bits per heavy atom. The first-order valence-electron chi connectivity index (χ1n) is 8.39. The van der Waals surface area contributed by atoms with Crippen LogP contribution in [0.4, 0.5) is 0 Å². The molecule has 138 valence electrons. The topological polar surface area (TPSA) is 73.8 Å². The molecule has 26 heavy (non-hydrogen) atoms. The van der Waals surface area contributed by atoms with E-state index in [-0.39, 0.29) is 5.91 Å². The Kier molecular flexibility index (Phi) is 5.26. The number of hydrogen-bond donors (Lipinski definition) is 0. The van der Waals surface area contributed by atoms with E-state index in [1.54, 1.807) is 28.9 Å². The van der Waals surface area contributed by atoms with E-state index in [0.717, 1.165) is 28.1 Å². The lowest BCUT2D eigenvalue weighted by Gasteiger charge is -2.14. The van der Waals surface area contributed by atoms with Crippen LogP contribution in [0.25, 0.3) is 0 Å². The molecule has 3 rings (SSSR count). The van der Waals surface area contributed by atoms with Gasteiger partial charge in [-0.3, -0.25) is 14.2 Å². The van der Waals surface area contributed by atoms with Crippen LogP contribution in [0.5, 0.6) is 0 Å². The first-order valence-corrected chi connectivity index (χ1v) is 9.18. The molecule has 9 heteroatoms. The Labute approximate surface area is 160 Å². The second-order valence-electron chi connectivity index (χ2n) is 6.25. The van der Waals surface area contributed by atoms with Crippen molar-refractivity contribution >= 4 is 21.8 Å². The van der Waals surface area contributed by atoms with Gasteiger partial charge in [-0.2, -0.15) is 15.3 Å². The van der Waals surface area contributed by atoms with Gasteiger partial charge in [0.05, 0.1) is 22.4 Å². The van der Waals surface area contributed by atoms with E-state index in [1.807, 2.05) is 42.4 Å². The third kappa shape index (κ3) is 3.87. The number of rotatable bonds is 6. The fraction of sp³-hybridized carbons (Fsp3) is 0.412. The Morgan fingerprint density at radius 2 is 2.00 bits per heavy atom. The van der Waals surface area contributed by atoms with Crippen LogP contribution in [0.3, 0.4) is 0 Å². The van der Waals surface area contributed by atoms with Crippen LogP contribution in [0.2, 0.25) is 0 Å². The summed E-state index contributed by atoms with van der Waals surface area (Å²) in [5, 5.41) is 13.3. The lowest BCUT2D eigenvalue weighted by Crippen LogP contribution is -2.27. The minimum Gasteiger partial charge on any atom is -0.334 e. The maximum atomic E-state index is 12.7. The summed E-state index contributed by atoms with van der Waals surface area (Å²) in [6.45, 7) is 7.64. The van der Waals surface area contributed by atoms with Crippen molar-refractivity contribution in [2.24, 2.45) is 0 Å². The Hall–Kier alpha value is -2.42. The molecule has 0 aromatic carbocycles. The van der Waals surface area contributed by atoms with E-state index in [0.29, 0.717) is 18.9 Å². The third-order valence-electron chi connectivity index (χ3n) is 4.09. The highest BCUT2D eigenvalue weighted by Gasteiger charge is 2.18. The Balaban J connectivity index is 1.68. The van der Waals surface area contributed by atoms with Crippen LogP contribution in [-0.2, 0) is 19.8 Å². The number of aryl methyl sites for hydroxylation is 3. The molecule has 1 amide bonds. The maximum Gasteiger partial charge on any atom is 0.274 e. The van der Waals surface area contributed by atoms with Gasteiger partial charge in [0.25, 0.3) is 5.91 Å². The fourth-order valence-electron chi connectivity index (χ4n) is 2.71. The number of carbonyl (C=O) groups is 1. The van der Waals surface area contributed by atoms with Gasteiger partial charge in [-0.05, 0) is 48.8 Å². The van der Waals surface area contributed by atoms with Crippen LogP contribution >= 0.6 is 15.9 Å². The largest absolute Gasteiger partial charge is 0.334 e. The van der Waals surface area contributed by atoms with Crippen molar-refractivity contribution in [3.8, 4) is 0 Å². The van der Waals surface area contributed by atoms with Gasteiger partial charge in [-0.25, -0.2) is 4.68 Å². The number of amides is 1. The molecule has 0 radical (unpaired) electrons. The molecule has 0 N–H and O–H groups in total. The predicted octanol–water partition coefficient (Wildman–Crippen LogP) is 2.45. The van der Waals surface area contributed by atoms with Crippen molar-refractivity contribution in [1.82, 2.24) is 34.2 Å². The van der Waals surface area contributed by atoms with Crippen molar-refractivity contribution in [1.29, 1.82) is 0 Å². The average Bonchev–Trinajstić information content (AvgIpc) is 3.28. The van der Waals surface area contributed by atoms with Crippen LogP contribution < -0.4 is 0 Å². The molecule has 0 aliphatic rings. The molecule has 0 saturated heterocycles. The van der Waals surface area contributed by atoms with Crippen molar-refractivity contribution in [3.63, 3.8) is 0 Å². The minimum atomic E-state index is -0.143. The number of aromatic nitrogens is 6. The van der Waals surface area contributed by atoms with Crippen molar-refractivity contribution in [2.75, 3.05) is 7.05 Å². The molecule has 0 spiro atoms. The van der Waals surface area contributed by atoms with Gasteiger partial charge >= 0.3 is 0 Å². The summed E-state index contributed by atoms with van der Waals surface area (Å²) in [6.07, 6.45) is 3.70. The van der Waals surface area contributed by atoms with Crippen LogP contribution in [0.15, 0.2) is 29.0 Å². The number of nitrogens with zero attached hydrogens (tertiary/aromatic N) is 7. The highest BCUT2D eigenvalue weighted by Crippen LogP contribution is 2.17. The zero-order valence-corrected chi connectivity index (χ0v) is 16.9. The van der Waals surface area contributed by atoms with E-state index in [1.165, 1.54) is 0 Å². The minimum absolute atomic E-state index is 0.143. The summed E-state index contributed by atoms with van der Waals surface area (Å²) >= 11 is 3.49. The molecular formula is C17H22BrN7O. The predicted molar refractivity (Wildman–Crippen MR) is 101 cm³/mol.